The van der Waals surface area contributed by atoms with E-state index in [2.05, 4.69) is 21.0 Å². The van der Waals surface area contributed by atoms with Gasteiger partial charge in [0.05, 0.1) is 11.7 Å². The summed E-state index contributed by atoms with van der Waals surface area (Å²) in [6.07, 6.45) is 6.98. The summed E-state index contributed by atoms with van der Waals surface area (Å²) in [6, 6.07) is 1.69. The first-order valence-electron chi connectivity index (χ1n) is 5.73. The van der Waals surface area contributed by atoms with Crippen molar-refractivity contribution in [3.8, 4) is 0 Å². The lowest BCUT2D eigenvalue weighted by Gasteiger charge is -2.16. The Morgan fingerprint density at radius 2 is 1.94 bits per heavy atom. The molecule has 0 spiro atoms. The van der Waals surface area contributed by atoms with E-state index in [4.69, 9.17) is 5.73 Å². The van der Waals surface area contributed by atoms with Crippen molar-refractivity contribution >= 4 is 21.6 Å². The number of hydrogen-bond acceptors (Lipinski definition) is 3. The van der Waals surface area contributed by atoms with Crippen molar-refractivity contribution in [2.24, 2.45) is 0 Å². The normalized spacial score (nSPS) is 18.3. The number of anilines is 1. The molecule has 1 aromatic rings. The van der Waals surface area contributed by atoms with Crippen LogP contribution in [-0.4, -0.2) is 9.78 Å². The molecular formula is C11H16BrN3O. The molecule has 5 heteroatoms. The highest BCUT2D eigenvalue weighted by atomic mass is 79.9. The molecule has 1 fully saturated rings. The van der Waals surface area contributed by atoms with Crippen molar-refractivity contribution in [3.05, 3.63) is 21.0 Å². The SMILES string of the molecule is Nc1cc(=O)n(C2CCCCCC2)nc1Br. The number of hydrogen-bond donors (Lipinski definition) is 1. The standard InChI is InChI=1S/C11H16BrN3O/c12-11-9(13)7-10(16)15(14-11)8-5-3-1-2-4-6-8/h7-8H,1-6,13H2. The average molecular weight is 286 g/mol. The summed E-state index contributed by atoms with van der Waals surface area (Å²) < 4.78 is 2.16. The first-order valence-corrected chi connectivity index (χ1v) is 6.52. The molecule has 0 saturated heterocycles. The highest BCUT2D eigenvalue weighted by Gasteiger charge is 2.17. The summed E-state index contributed by atoms with van der Waals surface area (Å²) in [5.41, 5.74) is 5.95. The Balaban J connectivity index is 2.31. The second-order valence-corrected chi connectivity index (χ2v) is 5.07. The van der Waals surface area contributed by atoms with Gasteiger partial charge in [0, 0.05) is 6.07 Å². The maximum Gasteiger partial charge on any atom is 0.269 e. The second-order valence-electron chi connectivity index (χ2n) is 4.32. The van der Waals surface area contributed by atoms with Crippen molar-refractivity contribution in [3.63, 3.8) is 0 Å². The molecule has 0 aromatic carbocycles. The molecule has 0 aliphatic heterocycles. The highest BCUT2D eigenvalue weighted by Crippen LogP contribution is 2.26. The van der Waals surface area contributed by atoms with Crippen LogP contribution in [0.2, 0.25) is 0 Å². The van der Waals surface area contributed by atoms with Crippen LogP contribution in [0.25, 0.3) is 0 Å². The van der Waals surface area contributed by atoms with E-state index in [0.717, 1.165) is 12.8 Å². The molecule has 1 aliphatic rings. The monoisotopic (exact) mass is 285 g/mol. The third-order valence-corrected chi connectivity index (χ3v) is 3.73. The molecule has 0 amide bonds. The fourth-order valence-electron chi connectivity index (χ4n) is 2.22. The van der Waals surface area contributed by atoms with Crippen LogP contribution in [0, 0.1) is 0 Å². The van der Waals surface area contributed by atoms with Gasteiger partial charge in [-0.05, 0) is 28.8 Å². The van der Waals surface area contributed by atoms with Gasteiger partial charge in [0.25, 0.3) is 5.56 Å². The van der Waals surface area contributed by atoms with Crippen LogP contribution in [0.3, 0.4) is 0 Å². The molecule has 1 aliphatic carbocycles. The van der Waals surface area contributed by atoms with Gasteiger partial charge < -0.3 is 5.73 Å². The minimum atomic E-state index is -0.0902. The van der Waals surface area contributed by atoms with Gasteiger partial charge in [-0.15, -0.1) is 0 Å². The lowest BCUT2D eigenvalue weighted by molar-refractivity contribution is 0.386. The zero-order valence-corrected chi connectivity index (χ0v) is 10.7. The fraction of sp³-hybridized carbons (Fsp3) is 0.636. The molecule has 2 rings (SSSR count). The third kappa shape index (κ3) is 2.45. The highest BCUT2D eigenvalue weighted by molar-refractivity contribution is 9.10. The topological polar surface area (TPSA) is 60.9 Å². The minimum Gasteiger partial charge on any atom is -0.396 e. The largest absolute Gasteiger partial charge is 0.396 e. The quantitative estimate of drug-likeness (QED) is 0.807. The number of rotatable bonds is 1. The van der Waals surface area contributed by atoms with E-state index in [1.54, 1.807) is 4.68 Å². The van der Waals surface area contributed by atoms with Crippen LogP contribution in [-0.2, 0) is 0 Å². The predicted octanol–water partition coefficient (Wildman–Crippen LogP) is 2.48. The molecule has 1 heterocycles. The molecule has 2 N–H and O–H groups in total. The average Bonchev–Trinajstić information content (AvgIpc) is 2.52. The second kappa shape index (κ2) is 4.99. The van der Waals surface area contributed by atoms with Gasteiger partial charge in [-0.3, -0.25) is 4.79 Å². The van der Waals surface area contributed by atoms with Crippen LogP contribution >= 0.6 is 15.9 Å². The van der Waals surface area contributed by atoms with Gasteiger partial charge in [0.1, 0.15) is 4.60 Å². The summed E-state index contributed by atoms with van der Waals surface area (Å²) in [7, 11) is 0. The van der Waals surface area contributed by atoms with Crippen LogP contribution in [0.4, 0.5) is 5.69 Å². The zero-order chi connectivity index (χ0) is 11.5. The maximum atomic E-state index is 11.8. The summed E-state index contributed by atoms with van der Waals surface area (Å²) in [4.78, 5) is 11.8. The first kappa shape index (κ1) is 11.6. The van der Waals surface area contributed by atoms with Crippen LogP contribution in [0.5, 0.6) is 0 Å². The van der Waals surface area contributed by atoms with Crippen LogP contribution in [0.15, 0.2) is 15.5 Å². The Bertz CT molecular complexity index is 422. The van der Waals surface area contributed by atoms with Gasteiger partial charge in [0.15, 0.2) is 0 Å². The molecule has 16 heavy (non-hydrogen) atoms. The Labute approximate surface area is 103 Å². The van der Waals surface area contributed by atoms with E-state index in [9.17, 15) is 4.79 Å². The fourth-order valence-corrected chi connectivity index (χ4v) is 2.51. The van der Waals surface area contributed by atoms with Crippen molar-refractivity contribution in [2.45, 2.75) is 44.6 Å². The predicted molar refractivity (Wildman–Crippen MR) is 67.3 cm³/mol. The molecule has 1 saturated carbocycles. The molecule has 0 unspecified atom stereocenters. The Morgan fingerprint density at radius 1 is 1.31 bits per heavy atom. The number of nitrogen functional groups attached to an aromatic ring is 1. The Hall–Kier alpha value is -0.840. The number of halogens is 1. The molecule has 88 valence electrons. The molecule has 4 nitrogen and oxygen atoms in total. The van der Waals surface area contributed by atoms with Crippen molar-refractivity contribution in [1.29, 1.82) is 0 Å². The van der Waals surface area contributed by atoms with Crippen LogP contribution < -0.4 is 11.3 Å². The molecule has 0 bridgehead atoms. The first-order chi connectivity index (χ1) is 7.68. The van der Waals surface area contributed by atoms with Crippen molar-refractivity contribution < 1.29 is 0 Å². The molecular weight excluding hydrogens is 270 g/mol. The number of aromatic nitrogens is 2. The van der Waals surface area contributed by atoms with Gasteiger partial charge in [0.2, 0.25) is 0 Å². The van der Waals surface area contributed by atoms with Crippen molar-refractivity contribution in [2.75, 3.05) is 5.73 Å². The number of nitrogens with zero attached hydrogens (tertiary/aromatic N) is 2. The molecule has 1 aromatic heterocycles. The van der Waals surface area contributed by atoms with E-state index in [-0.39, 0.29) is 11.6 Å². The van der Waals surface area contributed by atoms with E-state index in [1.807, 2.05) is 0 Å². The summed E-state index contributed by atoms with van der Waals surface area (Å²) in [5.74, 6) is 0. The lowest BCUT2D eigenvalue weighted by Crippen LogP contribution is -2.27. The Kier molecular flexibility index (Phi) is 3.63. The van der Waals surface area contributed by atoms with E-state index >= 15 is 0 Å². The molecule has 0 radical (unpaired) electrons. The Morgan fingerprint density at radius 3 is 2.56 bits per heavy atom. The van der Waals surface area contributed by atoms with Gasteiger partial charge in [-0.2, -0.15) is 5.10 Å². The summed E-state index contributed by atoms with van der Waals surface area (Å²) in [5, 5.41) is 4.23. The van der Waals surface area contributed by atoms with Crippen molar-refractivity contribution in [1.82, 2.24) is 9.78 Å². The van der Waals surface area contributed by atoms with Crippen LogP contribution in [0.1, 0.15) is 44.6 Å². The lowest BCUT2D eigenvalue weighted by atomic mass is 10.1. The minimum absolute atomic E-state index is 0.0902. The molecule has 0 atom stereocenters. The zero-order valence-electron chi connectivity index (χ0n) is 9.16. The van der Waals surface area contributed by atoms with Gasteiger partial charge in [-0.1, -0.05) is 25.7 Å². The van der Waals surface area contributed by atoms with E-state index in [1.165, 1.54) is 31.7 Å². The summed E-state index contributed by atoms with van der Waals surface area (Å²) in [6.45, 7) is 0. The summed E-state index contributed by atoms with van der Waals surface area (Å²) >= 11 is 3.27. The van der Waals surface area contributed by atoms with Gasteiger partial charge in [-0.25, -0.2) is 4.68 Å². The maximum absolute atomic E-state index is 11.8. The van der Waals surface area contributed by atoms with E-state index < -0.39 is 0 Å². The van der Waals surface area contributed by atoms with E-state index in [0.29, 0.717) is 10.3 Å². The smallest absolute Gasteiger partial charge is 0.269 e. The van der Waals surface area contributed by atoms with Gasteiger partial charge >= 0.3 is 0 Å². The number of nitrogens with two attached hydrogens (primary N) is 1. The third-order valence-electron chi connectivity index (χ3n) is 3.11.